The van der Waals surface area contributed by atoms with Gasteiger partial charge in [0.05, 0.1) is 12.4 Å². The van der Waals surface area contributed by atoms with Gasteiger partial charge in [0.25, 0.3) is 0 Å². The molecule has 1 unspecified atom stereocenters. The molecule has 0 aliphatic rings. The van der Waals surface area contributed by atoms with Gasteiger partial charge in [0.15, 0.2) is 0 Å². The Hall–Kier alpha value is -0.980. The predicted molar refractivity (Wildman–Crippen MR) is 61.4 cm³/mol. The Morgan fingerprint density at radius 2 is 2.06 bits per heavy atom. The fourth-order valence-corrected chi connectivity index (χ4v) is 2.51. The van der Waals surface area contributed by atoms with Crippen molar-refractivity contribution in [2.75, 3.05) is 12.4 Å². The van der Waals surface area contributed by atoms with Crippen LogP contribution in [-0.4, -0.2) is 36.9 Å². The van der Waals surface area contributed by atoms with Crippen molar-refractivity contribution in [3.05, 3.63) is 30.1 Å². The van der Waals surface area contributed by atoms with Crippen LogP contribution in [0.15, 0.2) is 24.5 Å². The smallest absolute Gasteiger partial charge is 0.212 e. The summed E-state index contributed by atoms with van der Waals surface area (Å²) in [4.78, 5) is 3.85. The van der Waals surface area contributed by atoms with Gasteiger partial charge in [0.1, 0.15) is 0 Å². The Morgan fingerprint density at radius 1 is 1.44 bits per heavy atom. The van der Waals surface area contributed by atoms with Crippen LogP contribution >= 0.6 is 0 Å². The van der Waals surface area contributed by atoms with E-state index in [1.807, 2.05) is 0 Å². The van der Waals surface area contributed by atoms with Crippen LogP contribution in [0.25, 0.3) is 0 Å². The average Bonchev–Trinajstić information content (AvgIpc) is 2.27. The van der Waals surface area contributed by atoms with Crippen molar-refractivity contribution in [3.63, 3.8) is 0 Å². The van der Waals surface area contributed by atoms with Crippen LogP contribution in [0.1, 0.15) is 12.5 Å². The molecule has 1 heterocycles. The van der Waals surface area contributed by atoms with Crippen LogP contribution in [0.3, 0.4) is 0 Å². The minimum Gasteiger partial charge on any atom is -0.395 e. The molecule has 1 rings (SSSR count). The van der Waals surface area contributed by atoms with Gasteiger partial charge in [-0.05, 0) is 31.0 Å². The highest BCUT2D eigenvalue weighted by Crippen LogP contribution is 2.00. The molecule has 0 aliphatic heterocycles. The Bertz CT molecular complexity index is 405. The monoisotopic (exact) mass is 244 g/mol. The summed E-state index contributed by atoms with van der Waals surface area (Å²) in [6.07, 6.45) is 3.70. The number of aromatic nitrogens is 1. The van der Waals surface area contributed by atoms with Crippen LogP contribution in [-0.2, 0) is 16.4 Å². The average molecular weight is 244 g/mol. The second-order valence-corrected chi connectivity index (χ2v) is 5.50. The summed E-state index contributed by atoms with van der Waals surface area (Å²) in [5, 5.41) is 8.75. The van der Waals surface area contributed by atoms with Crippen molar-refractivity contribution in [1.29, 1.82) is 0 Å². The number of nitrogens with one attached hydrogen (secondary N) is 1. The number of aliphatic hydroxyl groups excluding tert-OH is 1. The quantitative estimate of drug-likeness (QED) is 0.734. The van der Waals surface area contributed by atoms with Gasteiger partial charge in [-0.15, -0.1) is 0 Å². The highest BCUT2D eigenvalue weighted by Gasteiger charge is 2.13. The molecule has 0 fully saturated rings. The normalized spacial score (nSPS) is 13.6. The van der Waals surface area contributed by atoms with Gasteiger partial charge in [-0.25, -0.2) is 13.1 Å². The van der Waals surface area contributed by atoms with Gasteiger partial charge >= 0.3 is 0 Å². The second kappa shape index (κ2) is 5.93. The molecule has 16 heavy (non-hydrogen) atoms. The van der Waals surface area contributed by atoms with Crippen molar-refractivity contribution in [2.45, 2.75) is 19.4 Å². The molecule has 2 N–H and O–H groups in total. The zero-order valence-electron chi connectivity index (χ0n) is 9.13. The zero-order valence-corrected chi connectivity index (χ0v) is 9.94. The zero-order chi connectivity index (χ0) is 12.0. The molecule has 1 atom stereocenters. The summed E-state index contributed by atoms with van der Waals surface area (Å²) in [5.74, 6) is 0.0152. The second-order valence-electron chi connectivity index (χ2n) is 3.63. The van der Waals surface area contributed by atoms with Gasteiger partial charge in [-0.2, -0.15) is 0 Å². The molecule has 5 nitrogen and oxygen atoms in total. The first kappa shape index (κ1) is 13.1. The number of hydrogen-bond acceptors (Lipinski definition) is 4. The fourth-order valence-electron chi connectivity index (χ4n) is 1.20. The Kier molecular flexibility index (Phi) is 4.85. The minimum absolute atomic E-state index is 0.0152. The molecule has 0 bridgehead atoms. The van der Waals surface area contributed by atoms with E-state index in [0.717, 1.165) is 5.56 Å². The van der Waals surface area contributed by atoms with E-state index >= 15 is 0 Å². The lowest BCUT2D eigenvalue weighted by molar-refractivity contribution is 0.265. The lowest BCUT2D eigenvalue weighted by Gasteiger charge is -2.11. The van der Waals surface area contributed by atoms with Crippen molar-refractivity contribution in [1.82, 2.24) is 9.71 Å². The van der Waals surface area contributed by atoms with Crippen LogP contribution in [0, 0.1) is 0 Å². The molecule has 0 amide bonds. The summed E-state index contributed by atoms with van der Waals surface area (Å²) >= 11 is 0. The van der Waals surface area contributed by atoms with E-state index in [2.05, 4.69) is 9.71 Å². The molecule has 1 aromatic heterocycles. The Labute approximate surface area is 95.6 Å². The molecule has 6 heteroatoms. The summed E-state index contributed by atoms with van der Waals surface area (Å²) in [5.41, 5.74) is 0.928. The maximum atomic E-state index is 11.5. The van der Waals surface area contributed by atoms with Crippen molar-refractivity contribution >= 4 is 10.0 Å². The molecule has 0 radical (unpaired) electrons. The van der Waals surface area contributed by atoms with Gasteiger partial charge in [0.2, 0.25) is 10.0 Å². The van der Waals surface area contributed by atoms with Gasteiger partial charge in [0, 0.05) is 18.4 Å². The van der Waals surface area contributed by atoms with Crippen LogP contribution < -0.4 is 4.72 Å². The molecule has 0 spiro atoms. The first-order chi connectivity index (χ1) is 7.53. The highest BCUT2D eigenvalue weighted by atomic mass is 32.2. The van der Waals surface area contributed by atoms with Gasteiger partial charge in [-0.1, -0.05) is 0 Å². The van der Waals surface area contributed by atoms with E-state index in [0.29, 0.717) is 6.42 Å². The maximum absolute atomic E-state index is 11.5. The Balaban J connectivity index is 2.49. The van der Waals surface area contributed by atoms with E-state index in [9.17, 15) is 8.42 Å². The van der Waals surface area contributed by atoms with E-state index in [-0.39, 0.29) is 12.4 Å². The van der Waals surface area contributed by atoms with E-state index in [4.69, 9.17) is 5.11 Å². The molecule has 0 aliphatic carbocycles. The van der Waals surface area contributed by atoms with Crippen molar-refractivity contribution < 1.29 is 13.5 Å². The van der Waals surface area contributed by atoms with Crippen molar-refractivity contribution in [3.8, 4) is 0 Å². The van der Waals surface area contributed by atoms with Crippen molar-refractivity contribution in [2.24, 2.45) is 0 Å². The number of aryl methyl sites for hydroxylation is 1. The lowest BCUT2D eigenvalue weighted by Crippen LogP contribution is -2.37. The third-order valence-corrected chi connectivity index (χ3v) is 3.57. The number of sulfonamides is 1. The number of hydrogen-bond donors (Lipinski definition) is 2. The van der Waals surface area contributed by atoms with E-state index in [1.165, 1.54) is 0 Å². The Morgan fingerprint density at radius 3 is 2.62 bits per heavy atom. The number of nitrogens with zero attached hydrogens (tertiary/aromatic N) is 1. The van der Waals surface area contributed by atoms with Crippen LogP contribution in [0.4, 0.5) is 0 Å². The first-order valence-electron chi connectivity index (χ1n) is 5.03. The fraction of sp³-hybridized carbons (Fsp3) is 0.500. The highest BCUT2D eigenvalue weighted by molar-refractivity contribution is 7.89. The summed E-state index contributed by atoms with van der Waals surface area (Å²) in [6.45, 7) is 1.42. The summed E-state index contributed by atoms with van der Waals surface area (Å²) in [7, 11) is -3.32. The van der Waals surface area contributed by atoms with Gasteiger partial charge < -0.3 is 5.11 Å². The van der Waals surface area contributed by atoms with Crippen LogP contribution in [0.5, 0.6) is 0 Å². The van der Waals surface area contributed by atoms with E-state index < -0.39 is 16.1 Å². The molecular weight excluding hydrogens is 228 g/mol. The third kappa shape index (κ3) is 4.69. The largest absolute Gasteiger partial charge is 0.395 e. The van der Waals surface area contributed by atoms with E-state index in [1.54, 1.807) is 31.5 Å². The SMILES string of the molecule is CC(CO)NS(=O)(=O)CCc1ccncc1. The third-order valence-electron chi connectivity index (χ3n) is 2.06. The molecule has 1 aromatic rings. The predicted octanol–water partition coefficient (Wildman–Crippen LogP) is -0.0757. The summed E-state index contributed by atoms with van der Waals surface area (Å²) < 4.78 is 25.5. The standard InChI is InChI=1S/C10H16N2O3S/c1-9(8-13)12-16(14,15)7-4-10-2-5-11-6-3-10/h2-3,5-6,9,12-13H,4,7-8H2,1H3. The molecule has 90 valence electrons. The molecule has 0 saturated carbocycles. The lowest BCUT2D eigenvalue weighted by atomic mass is 10.2. The first-order valence-corrected chi connectivity index (χ1v) is 6.68. The molecule has 0 saturated heterocycles. The number of aliphatic hydroxyl groups is 1. The minimum atomic E-state index is -3.32. The number of pyridine rings is 1. The van der Waals surface area contributed by atoms with Crippen LogP contribution in [0.2, 0.25) is 0 Å². The number of rotatable bonds is 6. The summed E-state index contributed by atoms with van der Waals surface area (Å²) in [6, 6.07) is 3.12. The molecular formula is C10H16N2O3S. The maximum Gasteiger partial charge on any atom is 0.212 e. The topological polar surface area (TPSA) is 79.3 Å². The van der Waals surface area contributed by atoms with Gasteiger partial charge in [-0.3, -0.25) is 4.98 Å². The molecule has 0 aromatic carbocycles.